The first-order valence-corrected chi connectivity index (χ1v) is 11.6. The molecule has 0 saturated heterocycles. The quantitative estimate of drug-likeness (QED) is 0.532. The number of nitrogens with one attached hydrogen (secondary N) is 1. The standard InChI is InChI=1S/C18H29NOSi.2ClH.Ti/c1-5-12-9-15(8-11(12)2)18(17(19)20)14-7-6-13(10-14)16(18)21(3)4;;;/h9,13-14,16,21H,5-8,10H2,1-4H3,(H2,19,20);2*1H;/q;;;+3/p-3. The van der Waals surface area contributed by atoms with Crippen LogP contribution < -0.4 is 24.8 Å². The number of rotatable bonds is 4. The summed E-state index contributed by atoms with van der Waals surface area (Å²) in [6.45, 7) is 9.18. The maximum absolute atomic E-state index is 12.6. The van der Waals surface area contributed by atoms with Crippen molar-refractivity contribution in [3.63, 3.8) is 0 Å². The molecule has 2 fully saturated rings. The van der Waals surface area contributed by atoms with Gasteiger partial charge in [-0.3, -0.25) is 0 Å². The molecule has 2 saturated carbocycles. The van der Waals surface area contributed by atoms with Crippen LogP contribution in [-0.4, -0.2) is 14.7 Å². The van der Waals surface area contributed by atoms with Crippen LogP contribution in [0.4, 0.5) is 0 Å². The van der Waals surface area contributed by atoms with Gasteiger partial charge in [-0.2, -0.15) is 0 Å². The van der Waals surface area contributed by atoms with E-state index < -0.39 is 14.2 Å². The average molecular weight is 421 g/mol. The van der Waals surface area contributed by atoms with Crippen molar-refractivity contribution in [2.75, 3.05) is 0 Å². The molecule has 0 heterocycles. The SMILES string of the molecule is CCC1=C(C)CC(C2(C([NH-])=O)C3CCC(C3)C2[SiH](C)C)=C1.[Cl-].[Cl-].[Ti+3]. The number of halogens is 2. The molecule has 0 spiro atoms. The molecule has 1 radical (unpaired) electrons. The Hall–Kier alpha value is 0.461. The second-order valence-electron chi connectivity index (χ2n) is 7.74. The predicted octanol–water partition coefficient (Wildman–Crippen LogP) is -1.10. The monoisotopic (exact) mass is 420 g/mol. The van der Waals surface area contributed by atoms with Gasteiger partial charge < -0.3 is 35.3 Å². The van der Waals surface area contributed by atoms with Crippen molar-refractivity contribution in [1.29, 1.82) is 0 Å². The molecule has 0 aromatic carbocycles. The van der Waals surface area contributed by atoms with Crippen LogP contribution in [0.25, 0.3) is 5.73 Å². The first-order chi connectivity index (χ1) is 9.92. The largest absolute Gasteiger partial charge is 3.00 e. The first kappa shape index (κ1) is 24.5. The third-order valence-electron chi connectivity index (χ3n) is 6.51. The van der Waals surface area contributed by atoms with Crippen molar-refractivity contribution >= 4 is 14.7 Å². The normalized spacial score (nSPS) is 33.7. The number of hydrogen-bond donors (Lipinski definition) is 0. The Kier molecular flexibility index (Phi) is 9.07. The molecule has 0 aromatic rings. The molecular formula is C18H28Cl2NOSiTi. The molecule has 1 N–H and O–H groups in total. The first-order valence-electron chi connectivity index (χ1n) is 8.58. The van der Waals surface area contributed by atoms with E-state index in [-0.39, 0.29) is 52.4 Å². The van der Waals surface area contributed by atoms with Crippen LogP contribution in [0.2, 0.25) is 18.6 Å². The zero-order valence-corrected chi connectivity index (χ0v) is 19.3. The van der Waals surface area contributed by atoms with Crippen molar-refractivity contribution in [3.05, 3.63) is 28.5 Å². The molecule has 24 heavy (non-hydrogen) atoms. The van der Waals surface area contributed by atoms with Crippen LogP contribution in [-0.2, 0) is 26.5 Å². The minimum Gasteiger partial charge on any atom is -1.00 e. The van der Waals surface area contributed by atoms with Gasteiger partial charge >= 0.3 is 21.7 Å². The zero-order chi connectivity index (χ0) is 15.4. The molecule has 1 amide bonds. The minimum absolute atomic E-state index is 0. The second-order valence-corrected chi connectivity index (χ2v) is 10.9. The maximum Gasteiger partial charge on any atom is 3.00 e. The van der Waals surface area contributed by atoms with Crippen molar-refractivity contribution in [3.8, 4) is 0 Å². The van der Waals surface area contributed by atoms with Gasteiger partial charge in [-0.15, -0.1) is 0 Å². The van der Waals surface area contributed by atoms with Crippen molar-refractivity contribution in [2.45, 2.75) is 64.6 Å². The minimum atomic E-state index is -0.955. The Balaban J connectivity index is 0.00000176. The Bertz CT molecular complexity index is 549. The number of carbonyl (C=O) groups is 1. The second kappa shape index (κ2) is 8.90. The van der Waals surface area contributed by atoms with Gasteiger partial charge in [-0.25, -0.2) is 0 Å². The van der Waals surface area contributed by atoms with E-state index in [1.54, 1.807) is 0 Å². The number of fused-ring (bicyclic) bond motifs is 2. The summed E-state index contributed by atoms with van der Waals surface area (Å²) in [6.07, 6.45) is 8.00. The Morgan fingerprint density at radius 3 is 2.42 bits per heavy atom. The summed E-state index contributed by atoms with van der Waals surface area (Å²) in [5, 5.41) is 0. The summed E-state index contributed by atoms with van der Waals surface area (Å²) in [7, 11) is -0.955. The number of allylic oxidation sites excluding steroid dienone is 3. The molecule has 4 atom stereocenters. The molecule has 0 aromatic heterocycles. The van der Waals surface area contributed by atoms with Gasteiger partial charge in [-0.1, -0.05) is 43.7 Å². The smallest absolute Gasteiger partial charge is 1.00 e. The average Bonchev–Trinajstić information content (AvgIpc) is 3.09. The molecule has 133 valence electrons. The van der Waals surface area contributed by atoms with E-state index in [0.29, 0.717) is 11.5 Å². The fraction of sp³-hybridized carbons (Fsp3) is 0.722. The van der Waals surface area contributed by atoms with E-state index in [9.17, 15) is 4.79 Å². The summed E-state index contributed by atoms with van der Waals surface area (Å²) in [5.74, 6) is 0.919. The van der Waals surface area contributed by atoms with Crippen molar-refractivity contribution in [2.24, 2.45) is 17.3 Å². The summed E-state index contributed by atoms with van der Waals surface area (Å²) >= 11 is 0. The molecule has 3 aliphatic rings. The molecule has 2 bridgehead atoms. The Labute approximate surface area is 175 Å². The summed E-state index contributed by atoms with van der Waals surface area (Å²) in [5.41, 5.74) is 12.5. The van der Waals surface area contributed by atoms with E-state index in [2.05, 4.69) is 33.0 Å². The van der Waals surface area contributed by atoms with E-state index in [0.717, 1.165) is 18.8 Å². The number of carbonyl (C=O) groups excluding carboxylic acids is 1. The van der Waals surface area contributed by atoms with E-state index in [1.807, 2.05) is 0 Å². The zero-order valence-electron chi connectivity index (χ0n) is 15.1. The van der Waals surface area contributed by atoms with Crippen LogP contribution in [0.1, 0.15) is 46.0 Å². The molecule has 2 nitrogen and oxygen atoms in total. The predicted molar refractivity (Wildman–Crippen MR) is 90.9 cm³/mol. The van der Waals surface area contributed by atoms with E-state index in [4.69, 9.17) is 5.73 Å². The van der Waals surface area contributed by atoms with Crippen LogP contribution >= 0.6 is 0 Å². The molecular weight excluding hydrogens is 393 g/mol. The van der Waals surface area contributed by atoms with E-state index >= 15 is 0 Å². The molecule has 3 aliphatic carbocycles. The molecule has 0 aliphatic heterocycles. The van der Waals surface area contributed by atoms with Crippen LogP contribution in [0.15, 0.2) is 22.8 Å². The topological polar surface area (TPSA) is 40.9 Å². The number of hydrogen-bond acceptors (Lipinski definition) is 1. The van der Waals surface area contributed by atoms with Crippen LogP contribution in [0.5, 0.6) is 0 Å². The third kappa shape index (κ3) is 3.36. The van der Waals surface area contributed by atoms with Crippen molar-refractivity contribution in [1.82, 2.24) is 0 Å². The van der Waals surface area contributed by atoms with Gasteiger partial charge in [0.2, 0.25) is 0 Å². The molecule has 6 heteroatoms. The fourth-order valence-corrected chi connectivity index (χ4v) is 9.01. The Morgan fingerprint density at radius 1 is 1.33 bits per heavy atom. The number of amides is 1. The van der Waals surface area contributed by atoms with Crippen LogP contribution in [0, 0.1) is 17.3 Å². The van der Waals surface area contributed by atoms with Crippen LogP contribution in [0.3, 0.4) is 0 Å². The van der Waals surface area contributed by atoms with E-state index in [1.165, 1.54) is 36.0 Å². The van der Waals surface area contributed by atoms with Gasteiger partial charge in [0.25, 0.3) is 0 Å². The van der Waals surface area contributed by atoms with Gasteiger partial charge in [0.05, 0.1) is 5.91 Å². The molecule has 3 rings (SSSR count). The third-order valence-corrected chi connectivity index (χ3v) is 9.02. The fourth-order valence-electron chi connectivity index (χ4n) is 5.88. The summed E-state index contributed by atoms with van der Waals surface area (Å²) in [4.78, 5) is 12.6. The maximum atomic E-state index is 12.6. The Morgan fingerprint density at radius 2 is 1.96 bits per heavy atom. The molecule has 4 unspecified atom stereocenters. The van der Waals surface area contributed by atoms with Gasteiger partial charge in [-0.05, 0) is 55.6 Å². The van der Waals surface area contributed by atoms with Gasteiger partial charge in [0, 0.05) is 14.2 Å². The summed E-state index contributed by atoms with van der Waals surface area (Å²) < 4.78 is 0. The van der Waals surface area contributed by atoms with Gasteiger partial charge in [0.1, 0.15) is 0 Å². The summed E-state index contributed by atoms with van der Waals surface area (Å²) in [6, 6.07) is 0. The van der Waals surface area contributed by atoms with Crippen molar-refractivity contribution < 1.29 is 51.3 Å². The van der Waals surface area contributed by atoms with Gasteiger partial charge in [0.15, 0.2) is 0 Å².